The van der Waals surface area contributed by atoms with Gasteiger partial charge in [0, 0.05) is 30.3 Å². The minimum absolute atomic E-state index is 0.0969. The molecule has 1 fully saturated rings. The Morgan fingerprint density at radius 3 is 2.81 bits per heavy atom. The summed E-state index contributed by atoms with van der Waals surface area (Å²) < 4.78 is 7.45. The van der Waals surface area contributed by atoms with Gasteiger partial charge in [0.15, 0.2) is 5.16 Å². The van der Waals surface area contributed by atoms with Gasteiger partial charge in [-0.15, -0.1) is 10.2 Å². The maximum Gasteiger partial charge on any atom is 0.234 e. The number of amides is 1. The number of rotatable bonds is 7. The molecule has 0 bridgehead atoms. The summed E-state index contributed by atoms with van der Waals surface area (Å²) in [6.07, 6.45) is 0. The van der Waals surface area contributed by atoms with Crippen LogP contribution in [0.1, 0.15) is 18.3 Å². The third kappa shape index (κ3) is 5.44. The molecule has 1 aromatic carbocycles. The molecule has 27 heavy (non-hydrogen) atoms. The molecule has 2 aromatic rings. The fourth-order valence-electron chi connectivity index (χ4n) is 2.82. The lowest BCUT2D eigenvalue weighted by molar-refractivity contribution is -0.113. The lowest BCUT2D eigenvalue weighted by Crippen LogP contribution is -2.36. The topological polar surface area (TPSA) is 72.3 Å². The Hall–Kier alpha value is -1.61. The molecule has 1 saturated heterocycles. The second-order valence-electron chi connectivity index (χ2n) is 6.33. The van der Waals surface area contributed by atoms with Crippen LogP contribution in [0.15, 0.2) is 23.4 Å². The number of nitrogens with zero attached hydrogens (tertiary/aromatic N) is 4. The summed E-state index contributed by atoms with van der Waals surface area (Å²) in [7, 11) is 0. The van der Waals surface area contributed by atoms with E-state index in [-0.39, 0.29) is 11.7 Å². The van der Waals surface area contributed by atoms with E-state index >= 15 is 0 Å². The van der Waals surface area contributed by atoms with Gasteiger partial charge in [0.05, 0.1) is 25.5 Å². The fourth-order valence-corrected chi connectivity index (χ4v) is 3.82. The minimum atomic E-state index is -0.0969. The standard InChI is InChI=1S/C18H24ClN5O2S/c1-3-24-16(11-23-6-8-26-9-7-23)21-22-18(24)27-12-17(25)20-14-5-4-13(2)15(19)10-14/h4-5,10H,3,6-9,11-12H2,1-2H3,(H,20,25). The number of hydrogen-bond donors (Lipinski definition) is 1. The van der Waals surface area contributed by atoms with Crippen molar-refractivity contribution in [2.24, 2.45) is 0 Å². The molecule has 146 valence electrons. The second-order valence-corrected chi connectivity index (χ2v) is 7.68. The van der Waals surface area contributed by atoms with E-state index in [0.29, 0.717) is 10.7 Å². The van der Waals surface area contributed by atoms with Crippen LogP contribution in [0.3, 0.4) is 0 Å². The highest BCUT2D eigenvalue weighted by Gasteiger charge is 2.17. The maximum absolute atomic E-state index is 12.3. The highest BCUT2D eigenvalue weighted by Crippen LogP contribution is 2.21. The zero-order valence-electron chi connectivity index (χ0n) is 15.6. The highest BCUT2D eigenvalue weighted by molar-refractivity contribution is 7.99. The van der Waals surface area contributed by atoms with E-state index in [1.165, 1.54) is 11.8 Å². The molecule has 1 amide bonds. The fraction of sp³-hybridized carbons (Fsp3) is 0.500. The van der Waals surface area contributed by atoms with Gasteiger partial charge in [-0.3, -0.25) is 9.69 Å². The summed E-state index contributed by atoms with van der Waals surface area (Å²) in [5.74, 6) is 1.09. The van der Waals surface area contributed by atoms with E-state index in [0.717, 1.165) is 55.9 Å². The number of halogens is 1. The number of ether oxygens (including phenoxy) is 1. The number of thioether (sulfide) groups is 1. The van der Waals surface area contributed by atoms with Crippen molar-refractivity contribution in [3.63, 3.8) is 0 Å². The highest BCUT2D eigenvalue weighted by atomic mass is 35.5. The number of carbonyl (C=O) groups is 1. The Labute approximate surface area is 168 Å². The molecule has 3 rings (SSSR count). The van der Waals surface area contributed by atoms with Crippen LogP contribution in [0.25, 0.3) is 0 Å². The maximum atomic E-state index is 12.3. The number of nitrogens with one attached hydrogen (secondary N) is 1. The first-order valence-electron chi connectivity index (χ1n) is 8.97. The zero-order chi connectivity index (χ0) is 19.2. The molecular formula is C18H24ClN5O2S. The molecule has 1 aromatic heterocycles. The molecule has 1 aliphatic rings. The number of hydrogen-bond acceptors (Lipinski definition) is 6. The van der Waals surface area contributed by atoms with Gasteiger partial charge in [-0.2, -0.15) is 0 Å². The SMILES string of the molecule is CCn1c(CN2CCOCC2)nnc1SCC(=O)Nc1ccc(C)c(Cl)c1. The van der Waals surface area contributed by atoms with Gasteiger partial charge in [-0.05, 0) is 31.5 Å². The smallest absolute Gasteiger partial charge is 0.234 e. The average Bonchev–Trinajstić information content (AvgIpc) is 3.05. The van der Waals surface area contributed by atoms with Crippen molar-refractivity contribution in [3.05, 3.63) is 34.6 Å². The van der Waals surface area contributed by atoms with E-state index in [2.05, 4.69) is 31.9 Å². The molecular weight excluding hydrogens is 386 g/mol. The molecule has 0 unspecified atom stereocenters. The van der Waals surface area contributed by atoms with Gasteiger partial charge in [-0.25, -0.2) is 0 Å². The van der Waals surface area contributed by atoms with Crippen molar-refractivity contribution in [2.75, 3.05) is 37.4 Å². The third-order valence-corrected chi connectivity index (χ3v) is 5.74. The van der Waals surface area contributed by atoms with E-state index in [4.69, 9.17) is 16.3 Å². The summed E-state index contributed by atoms with van der Waals surface area (Å²) in [5, 5.41) is 12.9. The van der Waals surface area contributed by atoms with E-state index < -0.39 is 0 Å². The number of anilines is 1. The van der Waals surface area contributed by atoms with Gasteiger partial charge < -0.3 is 14.6 Å². The van der Waals surface area contributed by atoms with Crippen LogP contribution in [0.5, 0.6) is 0 Å². The Morgan fingerprint density at radius 1 is 1.33 bits per heavy atom. The van der Waals surface area contributed by atoms with Crippen LogP contribution >= 0.6 is 23.4 Å². The first-order chi connectivity index (χ1) is 13.1. The molecule has 7 nitrogen and oxygen atoms in total. The van der Waals surface area contributed by atoms with E-state index in [1.54, 1.807) is 6.07 Å². The molecule has 1 aliphatic heterocycles. The van der Waals surface area contributed by atoms with Crippen LogP contribution in [-0.4, -0.2) is 57.6 Å². The quantitative estimate of drug-likeness (QED) is 0.709. The summed E-state index contributed by atoms with van der Waals surface area (Å²) in [5.41, 5.74) is 1.68. The first kappa shape index (κ1) is 20.1. The van der Waals surface area contributed by atoms with Crippen molar-refractivity contribution in [1.29, 1.82) is 0 Å². The summed E-state index contributed by atoms with van der Waals surface area (Å²) >= 11 is 7.49. The average molecular weight is 410 g/mol. The molecule has 1 N–H and O–H groups in total. The number of aryl methyl sites for hydroxylation is 1. The Balaban J connectivity index is 1.56. The number of benzene rings is 1. The Kier molecular flexibility index (Phi) is 7.12. The van der Waals surface area contributed by atoms with Gasteiger partial charge in [0.25, 0.3) is 0 Å². The van der Waals surface area contributed by atoms with E-state index in [1.807, 2.05) is 19.1 Å². The Morgan fingerprint density at radius 2 is 2.11 bits per heavy atom. The largest absolute Gasteiger partial charge is 0.379 e. The summed E-state index contributed by atoms with van der Waals surface area (Å²) in [6.45, 7) is 8.82. The van der Waals surface area contributed by atoms with Gasteiger partial charge in [0.1, 0.15) is 5.82 Å². The lowest BCUT2D eigenvalue weighted by atomic mass is 10.2. The number of carbonyl (C=O) groups excluding carboxylic acids is 1. The van der Waals surface area contributed by atoms with Crippen molar-refractivity contribution in [1.82, 2.24) is 19.7 Å². The zero-order valence-corrected chi connectivity index (χ0v) is 17.1. The van der Waals surface area contributed by atoms with Crippen molar-refractivity contribution in [2.45, 2.75) is 32.1 Å². The molecule has 2 heterocycles. The van der Waals surface area contributed by atoms with Crippen LogP contribution in [0, 0.1) is 6.92 Å². The third-order valence-electron chi connectivity index (χ3n) is 4.37. The van der Waals surface area contributed by atoms with Crippen LogP contribution < -0.4 is 5.32 Å². The molecule has 0 radical (unpaired) electrons. The van der Waals surface area contributed by atoms with Gasteiger partial charge in [0.2, 0.25) is 5.91 Å². The molecule has 0 spiro atoms. The van der Waals surface area contributed by atoms with Crippen molar-refractivity contribution < 1.29 is 9.53 Å². The van der Waals surface area contributed by atoms with Gasteiger partial charge >= 0.3 is 0 Å². The summed E-state index contributed by atoms with van der Waals surface area (Å²) in [4.78, 5) is 14.6. The normalized spacial score (nSPS) is 15.1. The van der Waals surface area contributed by atoms with Gasteiger partial charge in [-0.1, -0.05) is 29.4 Å². The van der Waals surface area contributed by atoms with E-state index in [9.17, 15) is 4.79 Å². The van der Waals surface area contributed by atoms with Crippen LogP contribution in [0.4, 0.5) is 5.69 Å². The second kappa shape index (κ2) is 9.54. The summed E-state index contributed by atoms with van der Waals surface area (Å²) in [6, 6.07) is 5.49. The molecule has 0 aliphatic carbocycles. The van der Waals surface area contributed by atoms with Crippen LogP contribution in [-0.2, 0) is 22.6 Å². The first-order valence-corrected chi connectivity index (χ1v) is 10.3. The van der Waals surface area contributed by atoms with Crippen molar-refractivity contribution >= 4 is 35.0 Å². The predicted octanol–water partition coefficient (Wildman–Crippen LogP) is 2.82. The minimum Gasteiger partial charge on any atom is -0.379 e. The monoisotopic (exact) mass is 409 g/mol. The van der Waals surface area contributed by atoms with Crippen LogP contribution in [0.2, 0.25) is 5.02 Å². The molecule has 0 atom stereocenters. The molecule has 9 heteroatoms. The lowest BCUT2D eigenvalue weighted by Gasteiger charge is -2.26. The predicted molar refractivity (Wildman–Crippen MR) is 107 cm³/mol. The number of morpholine rings is 1. The van der Waals surface area contributed by atoms with Crippen molar-refractivity contribution in [3.8, 4) is 0 Å². The Bertz CT molecular complexity index is 792. The number of aromatic nitrogens is 3. The molecule has 0 saturated carbocycles.